The molecule has 20 heavy (non-hydrogen) atoms. The van der Waals surface area contributed by atoms with Crippen LogP contribution in [0.4, 0.5) is 10.1 Å². The molecule has 1 aliphatic rings. The standard InChI is InChI=1S/C15H15FN2OS/c1-8-2-4-13(20-8)15(17)10-6-9-3-5-14(19)18-12(9)7-11(10)16/h2,4,6-7,15H,3,5,17H2,1H3,(H,18,19). The van der Waals surface area contributed by atoms with Gasteiger partial charge in [-0.2, -0.15) is 0 Å². The number of nitrogens with one attached hydrogen (secondary N) is 1. The molecule has 1 aromatic heterocycles. The zero-order valence-corrected chi connectivity index (χ0v) is 11.9. The lowest BCUT2D eigenvalue weighted by Crippen LogP contribution is -2.21. The first-order valence-corrected chi connectivity index (χ1v) is 7.30. The van der Waals surface area contributed by atoms with Crippen molar-refractivity contribution in [3.8, 4) is 0 Å². The fourth-order valence-electron chi connectivity index (χ4n) is 2.43. The first-order valence-electron chi connectivity index (χ1n) is 6.48. The van der Waals surface area contributed by atoms with Gasteiger partial charge in [0.1, 0.15) is 5.82 Å². The van der Waals surface area contributed by atoms with Crippen LogP contribution >= 0.6 is 11.3 Å². The molecule has 0 spiro atoms. The fourth-order valence-corrected chi connectivity index (χ4v) is 3.33. The van der Waals surface area contributed by atoms with E-state index in [0.717, 1.165) is 15.3 Å². The number of carbonyl (C=O) groups is 1. The number of hydrogen-bond acceptors (Lipinski definition) is 3. The Labute approximate surface area is 120 Å². The molecule has 104 valence electrons. The molecular formula is C15H15FN2OS. The first-order chi connectivity index (χ1) is 9.54. The highest BCUT2D eigenvalue weighted by Crippen LogP contribution is 2.32. The predicted octanol–water partition coefficient (Wildman–Crippen LogP) is 3.13. The van der Waals surface area contributed by atoms with Gasteiger partial charge in [-0.1, -0.05) is 0 Å². The molecule has 3 nitrogen and oxygen atoms in total. The van der Waals surface area contributed by atoms with Crippen molar-refractivity contribution < 1.29 is 9.18 Å². The van der Waals surface area contributed by atoms with E-state index >= 15 is 0 Å². The summed E-state index contributed by atoms with van der Waals surface area (Å²) in [6, 6.07) is 6.62. The number of nitrogens with two attached hydrogens (primary N) is 1. The lowest BCUT2D eigenvalue weighted by molar-refractivity contribution is -0.116. The third-order valence-corrected chi connectivity index (χ3v) is 4.60. The quantitative estimate of drug-likeness (QED) is 0.893. The molecular weight excluding hydrogens is 275 g/mol. The Kier molecular flexibility index (Phi) is 3.31. The molecule has 3 N–H and O–H groups in total. The van der Waals surface area contributed by atoms with Crippen molar-refractivity contribution in [1.82, 2.24) is 0 Å². The molecule has 2 heterocycles. The molecule has 1 aliphatic heterocycles. The topological polar surface area (TPSA) is 55.1 Å². The Balaban J connectivity index is 2.00. The van der Waals surface area contributed by atoms with Gasteiger partial charge < -0.3 is 11.1 Å². The van der Waals surface area contributed by atoms with E-state index in [2.05, 4.69) is 5.32 Å². The van der Waals surface area contributed by atoms with E-state index in [9.17, 15) is 9.18 Å². The van der Waals surface area contributed by atoms with Gasteiger partial charge in [0.05, 0.1) is 6.04 Å². The molecule has 1 atom stereocenters. The van der Waals surface area contributed by atoms with Crippen molar-refractivity contribution in [3.05, 3.63) is 51.0 Å². The van der Waals surface area contributed by atoms with Crippen LogP contribution in [0.5, 0.6) is 0 Å². The van der Waals surface area contributed by atoms with Gasteiger partial charge >= 0.3 is 0 Å². The fraction of sp³-hybridized carbons (Fsp3) is 0.267. The van der Waals surface area contributed by atoms with E-state index in [1.165, 1.54) is 6.07 Å². The number of amides is 1. The van der Waals surface area contributed by atoms with Crippen LogP contribution in [0.2, 0.25) is 0 Å². The van der Waals surface area contributed by atoms with Crippen molar-refractivity contribution in [2.24, 2.45) is 5.73 Å². The highest BCUT2D eigenvalue weighted by molar-refractivity contribution is 7.12. The van der Waals surface area contributed by atoms with Crippen LogP contribution in [0.15, 0.2) is 24.3 Å². The molecule has 1 amide bonds. The average Bonchev–Trinajstić information content (AvgIpc) is 2.84. The van der Waals surface area contributed by atoms with E-state index in [0.29, 0.717) is 24.1 Å². The summed E-state index contributed by atoms with van der Waals surface area (Å²) < 4.78 is 14.2. The second-order valence-corrected chi connectivity index (χ2v) is 6.32. The van der Waals surface area contributed by atoms with Gasteiger partial charge in [0.15, 0.2) is 0 Å². The lowest BCUT2D eigenvalue weighted by atomic mass is 9.96. The first kappa shape index (κ1) is 13.3. The number of fused-ring (bicyclic) bond motifs is 1. The summed E-state index contributed by atoms with van der Waals surface area (Å²) >= 11 is 1.58. The van der Waals surface area contributed by atoms with Crippen LogP contribution < -0.4 is 11.1 Å². The van der Waals surface area contributed by atoms with E-state index in [-0.39, 0.29) is 11.7 Å². The van der Waals surface area contributed by atoms with Crippen LogP contribution in [-0.4, -0.2) is 5.91 Å². The number of anilines is 1. The number of thiophene rings is 1. The number of aryl methyl sites for hydroxylation is 2. The smallest absolute Gasteiger partial charge is 0.224 e. The summed E-state index contributed by atoms with van der Waals surface area (Å²) in [6.07, 6.45) is 1.07. The van der Waals surface area contributed by atoms with Gasteiger partial charge in [-0.3, -0.25) is 4.79 Å². The van der Waals surface area contributed by atoms with Crippen LogP contribution in [0, 0.1) is 12.7 Å². The van der Waals surface area contributed by atoms with Crippen molar-refractivity contribution in [1.29, 1.82) is 0 Å². The van der Waals surface area contributed by atoms with Crippen molar-refractivity contribution in [3.63, 3.8) is 0 Å². The number of halogens is 1. The maximum atomic E-state index is 14.2. The van der Waals surface area contributed by atoms with Crippen LogP contribution in [0.25, 0.3) is 0 Å². The molecule has 0 fully saturated rings. The van der Waals surface area contributed by atoms with Crippen LogP contribution in [0.1, 0.15) is 33.3 Å². The predicted molar refractivity (Wildman–Crippen MR) is 78.4 cm³/mol. The minimum atomic E-state index is -0.461. The summed E-state index contributed by atoms with van der Waals surface area (Å²) in [5.41, 5.74) is 8.18. The second kappa shape index (κ2) is 5.00. The second-order valence-electron chi connectivity index (χ2n) is 5.01. The zero-order chi connectivity index (χ0) is 14.3. The third-order valence-electron chi connectivity index (χ3n) is 3.52. The van der Waals surface area contributed by atoms with Crippen LogP contribution in [-0.2, 0) is 11.2 Å². The van der Waals surface area contributed by atoms with Crippen molar-refractivity contribution in [2.45, 2.75) is 25.8 Å². The lowest BCUT2D eigenvalue weighted by Gasteiger charge is -2.20. The number of benzene rings is 1. The van der Waals surface area contributed by atoms with E-state index in [1.54, 1.807) is 17.4 Å². The molecule has 2 aromatic rings. The number of hydrogen-bond donors (Lipinski definition) is 2. The summed E-state index contributed by atoms with van der Waals surface area (Å²) in [5, 5.41) is 2.69. The molecule has 1 aromatic carbocycles. The molecule has 0 aliphatic carbocycles. The Hall–Kier alpha value is -1.72. The maximum Gasteiger partial charge on any atom is 0.224 e. The molecule has 3 rings (SSSR count). The monoisotopic (exact) mass is 290 g/mol. The van der Waals surface area contributed by atoms with Gasteiger partial charge in [-0.15, -0.1) is 11.3 Å². The van der Waals surface area contributed by atoms with Crippen molar-refractivity contribution >= 4 is 22.9 Å². The SMILES string of the molecule is Cc1ccc(C(N)c2cc3c(cc2F)NC(=O)CC3)s1. The van der Waals surface area contributed by atoms with E-state index in [4.69, 9.17) is 5.73 Å². The van der Waals surface area contributed by atoms with Gasteiger partial charge in [-0.25, -0.2) is 4.39 Å². The summed E-state index contributed by atoms with van der Waals surface area (Å²) in [4.78, 5) is 13.4. The van der Waals surface area contributed by atoms with Gasteiger partial charge in [-0.05, 0) is 43.2 Å². The third kappa shape index (κ3) is 2.34. The number of rotatable bonds is 2. The number of carbonyl (C=O) groups excluding carboxylic acids is 1. The maximum absolute atomic E-state index is 14.2. The van der Waals surface area contributed by atoms with Crippen molar-refractivity contribution in [2.75, 3.05) is 5.32 Å². The molecule has 5 heteroatoms. The highest BCUT2D eigenvalue weighted by atomic mass is 32.1. The molecule has 0 bridgehead atoms. The zero-order valence-electron chi connectivity index (χ0n) is 11.1. The van der Waals surface area contributed by atoms with Gasteiger partial charge in [0.25, 0.3) is 0 Å². The van der Waals surface area contributed by atoms with E-state index < -0.39 is 6.04 Å². The Morgan fingerprint density at radius 1 is 1.35 bits per heavy atom. The average molecular weight is 290 g/mol. The highest BCUT2D eigenvalue weighted by Gasteiger charge is 2.21. The van der Waals surface area contributed by atoms with Crippen LogP contribution in [0.3, 0.4) is 0 Å². The molecule has 0 radical (unpaired) electrons. The largest absolute Gasteiger partial charge is 0.326 e. The minimum absolute atomic E-state index is 0.0668. The summed E-state index contributed by atoms with van der Waals surface area (Å²) in [6.45, 7) is 2.00. The Morgan fingerprint density at radius 3 is 2.85 bits per heavy atom. The van der Waals surface area contributed by atoms with Gasteiger partial charge in [0, 0.05) is 27.4 Å². The normalized spacial score (nSPS) is 15.7. The summed E-state index contributed by atoms with van der Waals surface area (Å²) in [5.74, 6) is -0.438. The van der Waals surface area contributed by atoms with E-state index in [1.807, 2.05) is 19.1 Å². The minimum Gasteiger partial charge on any atom is -0.326 e. The molecule has 0 saturated carbocycles. The molecule has 1 unspecified atom stereocenters. The Morgan fingerprint density at radius 2 is 2.15 bits per heavy atom. The summed E-state index contributed by atoms with van der Waals surface area (Å²) in [7, 11) is 0. The Bertz CT molecular complexity index is 681. The molecule has 0 saturated heterocycles. The van der Waals surface area contributed by atoms with Gasteiger partial charge in [0.2, 0.25) is 5.91 Å².